The first-order valence-electron chi connectivity index (χ1n) is 5.04. The summed E-state index contributed by atoms with van der Waals surface area (Å²) < 4.78 is 1.40. The molecule has 0 atom stereocenters. The Bertz CT molecular complexity index is 644. The normalized spacial score (nSPS) is 9.76. The Morgan fingerprint density at radius 1 is 1.47 bits per heavy atom. The van der Waals surface area contributed by atoms with Crippen molar-refractivity contribution in [1.29, 1.82) is 0 Å². The number of nitrogens with zero attached hydrogens (tertiary/aromatic N) is 2. The highest BCUT2D eigenvalue weighted by molar-refractivity contribution is 5.46. The van der Waals surface area contributed by atoms with E-state index in [9.17, 15) is 4.79 Å². The van der Waals surface area contributed by atoms with E-state index in [1.54, 1.807) is 6.07 Å². The summed E-state index contributed by atoms with van der Waals surface area (Å²) in [6.45, 7) is 1.73. The van der Waals surface area contributed by atoms with E-state index < -0.39 is 0 Å². The molecule has 1 aromatic heterocycles. The molecule has 0 bridgehead atoms. The van der Waals surface area contributed by atoms with Crippen LogP contribution < -0.4 is 5.69 Å². The van der Waals surface area contributed by atoms with Crippen molar-refractivity contribution in [2.75, 3.05) is 6.61 Å². The van der Waals surface area contributed by atoms with Crippen LogP contribution in [0.4, 0.5) is 0 Å². The van der Waals surface area contributed by atoms with Gasteiger partial charge in [-0.15, -0.1) is 0 Å². The van der Waals surface area contributed by atoms with Crippen LogP contribution in [0.15, 0.2) is 29.3 Å². The van der Waals surface area contributed by atoms with Gasteiger partial charge < -0.3 is 5.11 Å². The standard InChI is InChI=1S/C12H11N3O2/c1-9-5-10(3-2-4-16)7-11(6-9)15-8-13-14-12(15)17/h5-8,16H,4H2,1H3,(H,14,17). The van der Waals surface area contributed by atoms with Crippen LogP contribution in [0.3, 0.4) is 0 Å². The number of hydrogen-bond acceptors (Lipinski definition) is 3. The highest BCUT2D eigenvalue weighted by atomic mass is 16.2. The molecule has 5 nitrogen and oxygen atoms in total. The summed E-state index contributed by atoms with van der Waals surface area (Å²) in [6.07, 6.45) is 1.42. The second kappa shape index (κ2) is 4.68. The van der Waals surface area contributed by atoms with E-state index in [4.69, 9.17) is 5.11 Å². The Hall–Kier alpha value is -2.32. The fourth-order valence-electron chi connectivity index (χ4n) is 1.55. The molecule has 86 valence electrons. The van der Waals surface area contributed by atoms with Gasteiger partial charge in [0.2, 0.25) is 0 Å². The number of aryl methyl sites for hydroxylation is 1. The van der Waals surface area contributed by atoms with Gasteiger partial charge in [-0.2, -0.15) is 5.10 Å². The van der Waals surface area contributed by atoms with Crippen molar-refractivity contribution < 1.29 is 5.11 Å². The van der Waals surface area contributed by atoms with Gasteiger partial charge in [0.25, 0.3) is 0 Å². The molecular formula is C12H11N3O2. The minimum absolute atomic E-state index is 0.186. The highest BCUT2D eigenvalue weighted by Gasteiger charge is 2.02. The number of nitrogens with one attached hydrogen (secondary N) is 1. The summed E-state index contributed by atoms with van der Waals surface area (Å²) in [6, 6.07) is 5.52. The van der Waals surface area contributed by atoms with Crippen molar-refractivity contribution in [3.63, 3.8) is 0 Å². The molecule has 0 aliphatic carbocycles. The average Bonchev–Trinajstić information content (AvgIpc) is 2.72. The molecule has 2 aromatic rings. The lowest BCUT2D eigenvalue weighted by molar-refractivity contribution is 0.350. The summed E-state index contributed by atoms with van der Waals surface area (Å²) in [7, 11) is 0. The maximum Gasteiger partial charge on any atom is 0.347 e. The Kier molecular flexibility index (Phi) is 3.08. The van der Waals surface area contributed by atoms with Crippen LogP contribution in [0.1, 0.15) is 11.1 Å². The Balaban J connectivity index is 2.53. The number of aliphatic hydroxyl groups is 1. The zero-order valence-corrected chi connectivity index (χ0v) is 9.27. The second-order valence-electron chi connectivity index (χ2n) is 3.55. The van der Waals surface area contributed by atoms with Crippen LogP contribution in [0.2, 0.25) is 0 Å². The minimum atomic E-state index is -0.295. The van der Waals surface area contributed by atoms with Crippen molar-refractivity contribution in [2.24, 2.45) is 0 Å². The molecular weight excluding hydrogens is 218 g/mol. The van der Waals surface area contributed by atoms with Crippen molar-refractivity contribution in [2.45, 2.75) is 6.92 Å². The second-order valence-corrected chi connectivity index (χ2v) is 3.55. The Morgan fingerprint density at radius 3 is 2.94 bits per heavy atom. The zero-order valence-electron chi connectivity index (χ0n) is 9.27. The predicted octanol–water partition coefficient (Wildman–Crippen LogP) is 0.213. The van der Waals surface area contributed by atoms with Crippen LogP contribution >= 0.6 is 0 Å². The molecule has 2 rings (SSSR count). The average molecular weight is 229 g/mol. The number of rotatable bonds is 1. The minimum Gasteiger partial charge on any atom is -0.384 e. The van der Waals surface area contributed by atoms with E-state index in [1.165, 1.54) is 10.9 Å². The van der Waals surface area contributed by atoms with Gasteiger partial charge in [0.15, 0.2) is 0 Å². The molecule has 0 unspecified atom stereocenters. The maximum atomic E-state index is 11.4. The number of benzene rings is 1. The fourth-order valence-corrected chi connectivity index (χ4v) is 1.55. The van der Waals surface area contributed by atoms with E-state index in [-0.39, 0.29) is 12.3 Å². The summed E-state index contributed by atoms with van der Waals surface area (Å²) >= 11 is 0. The van der Waals surface area contributed by atoms with Gasteiger partial charge in [-0.1, -0.05) is 11.8 Å². The molecule has 0 fully saturated rings. The quantitative estimate of drug-likeness (QED) is 0.687. The third kappa shape index (κ3) is 2.44. The summed E-state index contributed by atoms with van der Waals surface area (Å²) in [5, 5.41) is 14.7. The highest BCUT2D eigenvalue weighted by Crippen LogP contribution is 2.11. The van der Waals surface area contributed by atoms with Crippen molar-refractivity contribution in [3.8, 4) is 17.5 Å². The van der Waals surface area contributed by atoms with Crippen LogP contribution in [0, 0.1) is 18.8 Å². The van der Waals surface area contributed by atoms with E-state index >= 15 is 0 Å². The molecule has 0 saturated heterocycles. The molecule has 0 radical (unpaired) electrons. The van der Waals surface area contributed by atoms with E-state index in [0.29, 0.717) is 5.69 Å². The Morgan fingerprint density at radius 2 is 2.29 bits per heavy atom. The van der Waals surface area contributed by atoms with Gasteiger partial charge in [-0.05, 0) is 30.7 Å². The molecule has 0 saturated carbocycles. The molecule has 0 aliphatic rings. The third-order valence-electron chi connectivity index (χ3n) is 2.20. The lowest BCUT2D eigenvalue weighted by Gasteiger charge is -2.03. The molecule has 1 heterocycles. The van der Waals surface area contributed by atoms with Gasteiger partial charge in [0.05, 0.1) is 5.69 Å². The molecule has 0 spiro atoms. The number of H-pyrrole nitrogens is 1. The van der Waals surface area contributed by atoms with Gasteiger partial charge in [0, 0.05) is 5.56 Å². The summed E-state index contributed by atoms with van der Waals surface area (Å²) in [5.41, 5.74) is 2.14. The van der Waals surface area contributed by atoms with Crippen LogP contribution in [-0.4, -0.2) is 26.5 Å². The van der Waals surface area contributed by atoms with Gasteiger partial charge in [-0.3, -0.25) is 0 Å². The predicted molar refractivity (Wildman–Crippen MR) is 62.9 cm³/mol. The molecule has 0 aliphatic heterocycles. The number of hydrogen-bond donors (Lipinski definition) is 2. The summed E-state index contributed by atoms with van der Waals surface area (Å²) in [5.74, 6) is 5.38. The molecule has 5 heteroatoms. The van der Waals surface area contributed by atoms with Gasteiger partial charge in [-0.25, -0.2) is 14.5 Å². The lowest BCUT2D eigenvalue weighted by atomic mass is 10.1. The SMILES string of the molecule is Cc1cc(C#CCO)cc(-n2cn[nH]c2=O)c1. The molecule has 1 aromatic carbocycles. The lowest BCUT2D eigenvalue weighted by Crippen LogP contribution is -2.14. The third-order valence-corrected chi connectivity index (χ3v) is 2.20. The number of aromatic amines is 1. The fraction of sp³-hybridized carbons (Fsp3) is 0.167. The van der Waals surface area contributed by atoms with Crippen LogP contribution in [-0.2, 0) is 0 Å². The topological polar surface area (TPSA) is 70.9 Å². The number of aliphatic hydroxyl groups excluding tert-OH is 1. The van der Waals surface area contributed by atoms with Crippen LogP contribution in [0.5, 0.6) is 0 Å². The first-order valence-corrected chi connectivity index (χ1v) is 5.04. The van der Waals surface area contributed by atoms with E-state index in [2.05, 4.69) is 22.0 Å². The van der Waals surface area contributed by atoms with Crippen molar-refractivity contribution in [3.05, 3.63) is 46.1 Å². The van der Waals surface area contributed by atoms with Crippen molar-refractivity contribution >= 4 is 0 Å². The van der Waals surface area contributed by atoms with E-state index in [1.807, 2.05) is 19.1 Å². The largest absolute Gasteiger partial charge is 0.384 e. The summed E-state index contributed by atoms with van der Waals surface area (Å²) in [4.78, 5) is 11.4. The van der Waals surface area contributed by atoms with Crippen LogP contribution in [0.25, 0.3) is 5.69 Å². The molecule has 2 N–H and O–H groups in total. The first-order chi connectivity index (χ1) is 8.20. The first kappa shape index (κ1) is 11.2. The maximum absolute atomic E-state index is 11.4. The van der Waals surface area contributed by atoms with Crippen molar-refractivity contribution in [1.82, 2.24) is 14.8 Å². The van der Waals surface area contributed by atoms with E-state index in [0.717, 1.165) is 11.1 Å². The molecule has 0 amide bonds. The Labute approximate surface area is 97.7 Å². The van der Waals surface area contributed by atoms with Gasteiger partial charge in [0.1, 0.15) is 12.9 Å². The van der Waals surface area contributed by atoms with Gasteiger partial charge >= 0.3 is 5.69 Å². The molecule has 17 heavy (non-hydrogen) atoms. The monoisotopic (exact) mass is 229 g/mol. The number of aromatic nitrogens is 3. The zero-order chi connectivity index (χ0) is 12.3. The smallest absolute Gasteiger partial charge is 0.347 e.